The third-order valence-corrected chi connectivity index (χ3v) is 6.34. The summed E-state index contributed by atoms with van der Waals surface area (Å²) in [7, 11) is 0. The van der Waals surface area contributed by atoms with Gasteiger partial charge < -0.3 is 14.8 Å². The van der Waals surface area contributed by atoms with Gasteiger partial charge in [-0.1, -0.05) is 23.7 Å². The van der Waals surface area contributed by atoms with E-state index >= 15 is 0 Å². The number of anilines is 1. The van der Waals surface area contributed by atoms with E-state index in [4.69, 9.17) is 27.6 Å². The molecule has 3 aromatic carbocycles. The van der Waals surface area contributed by atoms with Gasteiger partial charge in [0.05, 0.1) is 32.8 Å². The predicted molar refractivity (Wildman–Crippen MR) is 144 cm³/mol. The number of benzene rings is 3. The molecule has 7 nitrogen and oxygen atoms in total. The molecular formula is C29H28ClN3O4. The Hall–Kier alpha value is -3.70. The first kappa shape index (κ1) is 26.4. The number of morpholine rings is 1. The zero-order valence-corrected chi connectivity index (χ0v) is 21.6. The Labute approximate surface area is 221 Å². The molecule has 0 radical (unpaired) electrons. The normalized spacial score (nSPS) is 13.6. The molecule has 0 aromatic heterocycles. The number of aryl methyl sites for hydroxylation is 2. The van der Waals surface area contributed by atoms with Crippen LogP contribution in [0.1, 0.15) is 27.0 Å². The van der Waals surface area contributed by atoms with Crippen LogP contribution in [-0.2, 0) is 16.0 Å². The van der Waals surface area contributed by atoms with Gasteiger partial charge in [0.15, 0.2) is 11.5 Å². The second kappa shape index (κ2) is 12.0. The fourth-order valence-electron chi connectivity index (χ4n) is 4.07. The topological polar surface area (TPSA) is 72.2 Å². The van der Waals surface area contributed by atoms with Crippen molar-refractivity contribution in [2.75, 3.05) is 38.2 Å². The molecule has 1 N–H and O–H groups in total. The van der Waals surface area contributed by atoms with E-state index in [1.54, 1.807) is 30.3 Å². The average Bonchev–Trinajstić information content (AvgIpc) is 2.87. The number of carbonyl (C=O) groups is 2. The van der Waals surface area contributed by atoms with Gasteiger partial charge in [-0.05, 0) is 73.0 Å². The highest BCUT2D eigenvalue weighted by Gasteiger charge is 2.17. The molecule has 0 unspecified atom stereocenters. The van der Waals surface area contributed by atoms with Crippen LogP contribution in [0.2, 0.25) is 5.02 Å². The largest absolute Gasteiger partial charge is 0.458 e. The van der Waals surface area contributed by atoms with E-state index < -0.39 is 0 Å². The number of hydrogen-bond donors (Lipinski definition) is 1. The van der Waals surface area contributed by atoms with E-state index in [1.807, 2.05) is 38.1 Å². The lowest BCUT2D eigenvalue weighted by molar-refractivity contribution is -0.115. The van der Waals surface area contributed by atoms with Gasteiger partial charge in [0.1, 0.15) is 11.5 Å². The fraction of sp³-hybridized carbons (Fsp3) is 0.276. The molecule has 1 aliphatic heterocycles. The molecule has 1 aliphatic rings. The summed E-state index contributed by atoms with van der Waals surface area (Å²) >= 11 is 6.09. The summed E-state index contributed by atoms with van der Waals surface area (Å²) in [5.74, 6) is 0.923. The van der Waals surface area contributed by atoms with Crippen LogP contribution in [0.4, 0.5) is 11.4 Å². The summed E-state index contributed by atoms with van der Waals surface area (Å²) in [5, 5.41) is 3.36. The molecule has 37 heavy (non-hydrogen) atoms. The Morgan fingerprint density at radius 3 is 2.57 bits per heavy atom. The highest BCUT2D eigenvalue weighted by Crippen LogP contribution is 2.32. The molecule has 1 fully saturated rings. The number of nitrogens with one attached hydrogen (secondary N) is 1. The van der Waals surface area contributed by atoms with Crippen LogP contribution in [-0.4, -0.2) is 49.4 Å². The number of hydrogen-bond acceptors (Lipinski definition) is 5. The van der Waals surface area contributed by atoms with Crippen molar-refractivity contribution in [1.29, 1.82) is 0 Å². The molecule has 1 amide bonds. The van der Waals surface area contributed by atoms with Crippen molar-refractivity contribution in [2.45, 2.75) is 20.3 Å². The SMILES string of the molecule is [C-]#[N+]c1cc(Cl)cc(Oc2cc(CC(=O)Nc3ccc(C(=O)CN4CCOCC4)cc3C)ccc2C)c1. The Morgan fingerprint density at radius 1 is 1.05 bits per heavy atom. The van der Waals surface area contributed by atoms with Gasteiger partial charge in [-0.25, -0.2) is 4.85 Å². The van der Waals surface area contributed by atoms with Crippen molar-refractivity contribution in [1.82, 2.24) is 4.90 Å². The number of rotatable bonds is 8. The minimum Gasteiger partial charge on any atom is -0.458 e. The van der Waals surface area contributed by atoms with Crippen molar-refractivity contribution >= 4 is 34.7 Å². The van der Waals surface area contributed by atoms with Gasteiger partial charge in [0.2, 0.25) is 5.91 Å². The summed E-state index contributed by atoms with van der Waals surface area (Å²) in [4.78, 5) is 31.0. The van der Waals surface area contributed by atoms with Crippen LogP contribution in [0, 0.1) is 20.4 Å². The maximum Gasteiger partial charge on any atom is 0.228 e. The zero-order chi connectivity index (χ0) is 26.4. The molecular weight excluding hydrogens is 490 g/mol. The van der Waals surface area contributed by atoms with Gasteiger partial charge in [0, 0.05) is 29.4 Å². The van der Waals surface area contributed by atoms with Crippen LogP contribution < -0.4 is 10.1 Å². The Bertz CT molecular complexity index is 1360. The van der Waals surface area contributed by atoms with E-state index in [2.05, 4.69) is 15.1 Å². The number of carbonyl (C=O) groups excluding carboxylic acids is 2. The van der Waals surface area contributed by atoms with Gasteiger partial charge >= 0.3 is 0 Å². The Balaban J connectivity index is 1.39. The highest BCUT2D eigenvalue weighted by molar-refractivity contribution is 6.31. The third kappa shape index (κ3) is 7.17. The van der Waals surface area contributed by atoms with Crippen LogP contribution in [0.3, 0.4) is 0 Å². The Kier molecular flexibility index (Phi) is 8.57. The van der Waals surface area contributed by atoms with Gasteiger partial charge in [0.25, 0.3) is 0 Å². The van der Waals surface area contributed by atoms with Crippen LogP contribution in [0.25, 0.3) is 4.85 Å². The third-order valence-electron chi connectivity index (χ3n) is 6.12. The minimum absolute atomic E-state index is 0.0540. The lowest BCUT2D eigenvalue weighted by atomic mass is 10.0. The summed E-state index contributed by atoms with van der Waals surface area (Å²) in [5.41, 5.74) is 4.18. The molecule has 8 heteroatoms. The average molecular weight is 518 g/mol. The van der Waals surface area contributed by atoms with Crippen LogP contribution >= 0.6 is 11.6 Å². The molecule has 0 aliphatic carbocycles. The summed E-state index contributed by atoms with van der Waals surface area (Å²) < 4.78 is 11.3. The lowest BCUT2D eigenvalue weighted by Gasteiger charge is -2.25. The predicted octanol–water partition coefficient (Wildman–Crippen LogP) is 6.00. The van der Waals surface area contributed by atoms with Crippen LogP contribution in [0.15, 0.2) is 54.6 Å². The quantitative estimate of drug-likeness (QED) is 0.293. The molecule has 0 bridgehead atoms. The van der Waals surface area contributed by atoms with Gasteiger partial charge in [-0.15, -0.1) is 0 Å². The number of nitrogens with zero attached hydrogens (tertiary/aromatic N) is 2. The fourth-order valence-corrected chi connectivity index (χ4v) is 4.29. The first-order valence-electron chi connectivity index (χ1n) is 12.0. The molecule has 0 spiro atoms. The summed E-state index contributed by atoms with van der Waals surface area (Å²) in [6.45, 7) is 14.2. The smallest absolute Gasteiger partial charge is 0.228 e. The van der Waals surface area contributed by atoms with Crippen LogP contribution in [0.5, 0.6) is 11.5 Å². The molecule has 3 aromatic rings. The van der Waals surface area contributed by atoms with E-state index in [0.29, 0.717) is 53.2 Å². The lowest BCUT2D eigenvalue weighted by Crippen LogP contribution is -2.39. The number of amides is 1. The number of halogens is 1. The molecule has 4 rings (SSSR count). The molecule has 0 saturated carbocycles. The molecule has 0 atom stereocenters. The van der Waals surface area contributed by atoms with E-state index in [-0.39, 0.29) is 18.1 Å². The van der Waals surface area contributed by atoms with Gasteiger partial charge in [-0.3, -0.25) is 14.5 Å². The second-order valence-electron chi connectivity index (χ2n) is 9.03. The maximum atomic E-state index is 12.8. The summed E-state index contributed by atoms with van der Waals surface area (Å²) in [6, 6.07) is 15.8. The van der Waals surface area contributed by atoms with E-state index in [1.165, 1.54) is 0 Å². The molecule has 190 valence electrons. The number of ether oxygens (including phenoxy) is 2. The van der Waals surface area contributed by atoms with Crippen molar-refractivity contribution < 1.29 is 19.1 Å². The van der Waals surface area contributed by atoms with Crippen molar-refractivity contribution in [3.05, 3.63) is 93.3 Å². The van der Waals surface area contributed by atoms with Crippen molar-refractivity contribution in [3.8, 4) is 11.5 Å². The summed E-state index contributed by atoms with van der Waals surface area (Å²) in [6.07, 6.45) is 0.149. The number of ketones is 1. The molecule has 1 saturated heterocycles. The highest BCUT2D eigenvalue weighted by atomic mass is 35.5. The van der Waals surface area contributed by atoms with Gasteiger partial charge in [-0.2, -0.15) is 0 Å². The standard InChI is InChI=1S/C29H28ClN3O4/c1-19-4-5-21(13-28(19)37-25-16-23(30)15-24(17-25)31-3)14-29(35)32-26-7-6-22(12-20(26)2)27(34)18-33-8-10-36-11-9-33/h4-7,12-13,15-17H,8-11,14,18H2,1-2H3,(H,32,35). The second-order valence-corrected chi connectivity index (χ2v) is 9.46. The van der Waals surface area contributed by atoms with Crippen molar-refractivity contribution in [3.63, 3.8) is 0 Å². The first-order chi connectivity index (χ1) is 17.8. The van der Waals surface area contributed by atoms with Crippen molar-refractivity contribution in [2.24, 2.45) is 0 Å². The number of Topliss-reactive ketones (excluding diaryl/α,β-unsaturated/α-hetero) is 1. The van der Waals surface area contributed by atoms with E-state index in [0.717, 1.165) is 29.8 Å². The monoisotopic (exact) mass is 517 g/mol. The first-order valence-corrected chi connectivity index (χ1v) is 12.4. The Morgan fingerprint density at radius 2 is 1.84 bits per heavy atom. The molecule has 1 heterocycles. The zero-order valence-electron chi connectivity index (χ0n) is 20.8. The maximum absolute atomic E-state index is 12.8. The van der Waals surface area contributed by atoms with E-state index in [9.17, 15) is 9.59 Å². The minimum atomic E-state index is -0.177.